The summed E-state index contributed by atoms with van der Waals surface area (Å²) >= 11 is 0. The van der Waals surface area contributed by atoms with Crippen molar-refractivity contribution in [2.75, 3.05) is 20.0 Å². The highest BCUT2D eigenvalue weighted by Crippen LogP contribution is 2.27. The lowest BCUT2D eigenvalue weighted by molar-refractivity contribution is 0.413. The first kappa shape index (κ1) is 15.2. The molecular formula is C15H17NO4S. The summed E-state index contributed by atoms with van der Waals surface area (Å²) in [4.78, 5) is 0.0812. The fraction of sp³-hybridized carbons (Fsp3) is 0.200. The third-order valence-electron chi connectivity index (χ3n) is 3.07. The van der Waals surface area contributed by atoms with Crippen LogP contribution in [0.2, 0.25) is 0 Å². The molecule has 0 saturated carbocycles. The number of ether oxygens (including phenoxy) is 2. The first-order valence-electron chi connectivity index (χ1n) is 6.25. The van der Waals surface area contributed by atoms with Gasteiger partial charge in [-0.25, -0.2) is 8.42 Å². The highest BCUT2D eigenvalue weighted by atomic mass is 32.2. The Hall–Kier alpha value is -2.21. The van der Waals surface area contributed by atoms with Crippen LogP contribution in [0.4, 0.5) is 5.69 Å². The Morgan fingerprint density at radius 3 is 2.10 bits per heavy atom. The van der Waals surface area contributed by atoms with E-state index in [4.69, 9.17) is 15.2 Å². The van der Waals surface area contributed by atoms with Gasteiger partial charge in [-0.15, -0.1) is 0 Å². The van der Waals surface area contributed by atoms with Gasteiger partial charge in [0.25, 0.3) is 0 Å². The van der Waals surface area contributed by atoms with Gasteiger partial charge in [-0.05, 0) is 29.8 Å². The van der Waals surface area contributed by atoms with E-state index in [9.17, 15) is 8.42 Å². The summed E-state index contributed by atoms with van der Waals surface area (Å²) in [6.45, 7) is 0. The van der Waals surface area contributed by atoms with Gasteiger partial charge in [0.1, 0.15) is 11.5 Å². The van der Waals surface area contributed by atoms with E-state index in [1.165, 1.54) is 19.2 Å². The quantitative estimate of drug-likeness (QED) is 0.857. The maximum Gasteiger partial charge on any atom is 0.184 e. The molecule has 0 unspecified atom stereocenters. The van der Waals surface area contributed by atoms with Crippen LogP contribution in [0.15, 0.2) is 47.4 Å². The molecule has 0 spiro atoms. The topological polar surface area (TPSA) is 78.6 Å². The minimum absolute atomic E-state index is 0.0812. The molecule has 21 heavy (non-hydrogen) atoms. The second kappa shape index (κ2) is 6.05. The Bertz CT molecular complexity index is 724. The molecule has 5 nitrogen and oxygen atoms in total. The normalized spacial score (nSPS) is 11.1. The van der Waals surface area contributed by atoms with Crippen molar-refractivity contribution in [2.24, 2.45) is 0 Å². The molecule has 2 aromatic carbocycles. The average Bonchev–Trinajstić information content (AvgIpc) is 2.48. The number of hydrogen-bond acceptors (Lipinski definition) is 5. The van der Waals surface area contributed by atoms with Crippen molar-refractivity contribution in [2.45, 2.75) is 10.6 Å². The number of rotatable bonds is 5. The van der Waals surface area contributed by atoms with Gasteiger partial charge in [-0.1, -0.05) is 12.1 Å². The summed E-state index contributed by atoms with van der Waals surface area (Å²) in [5, 5.41) is 0. The molecule has 0 heterocycles. The molecule has 0 fully saturated rings. The molecule has 0 aromatic heterocycles. The lowest BCUT2D eigenvalue weighted by Crippen LogP contribution is -2.08. The van der Waals surface area contributed by atoms with E-state index < -0.39 is 9.84 Å². The van der Waals surface area contributed by atoms with Gasteiger partial charge in [-0.3, -0.25) is 0 Å². The van der Waals surface area contributed by atoms with Crippen LogP contribution in [0.1, 0.15) is 5.56 Å². The fourth-order valence-electron chi connectivity index (χ4n) is 1.93. The molecule has 0 saturated heterocycles. The third kappa shape index (κ3) is 3.46. The van der Waals surface area contributed by atoms with Crippen molar-refractivity contribution >= 4 is 15.5 Å². The maximum atomic E-state index is 12.5. The first-order valence-corrected chi connectivity index (χ1v) is 7.90. The molecule has 0 atom stereocenters. The van der Waals surface area contributed by atoms with E-state index >= 15 is 0 Å². The second-order valence-corrected chi connectivity index (χ2v) is 6.47. The van der Waals surface area contributed by atoms with E-state index in [1.54, 1.807) is 37.4 Å². The molecule has 0 aliphatic rings. The Morgan fingerprint density at radius 2 is 1.52 bits per heavy atom. The lowest BCUT2D eigenvalue weighted by Gasteiger charge is -2.10. The number of hydrogen-bond donors (Lipinski definition) is 1. The summed E-state index contributed by atoms with van der Waals surface area (Å²) < 4.78 is 35.1. The van der Waals surface area contributed by atoms with E-state index in [2.05, 4.69) is 0 Å². The number of nitrogens with two attached hydrogens (primary N) is 1. The Balaban J connectivity index is 2.33. The van der Waals surface area contributed by atoms with Crippen molar-refractivity contribution < 1.29 is 17.9 Å². The number of benzene rings is 2. The molecule has 2 rings (SSSR count). The van der Waals surface area contributed by atoms with Crippen LogP contribution in [-0.4, -0.2) is 22.6 Å². The highest BCUT2D eigenvalue weighted by molar-refractivity contribution is 7.90. The fourth-order valence-corrected chi connectivity index (χ4v) is 3.44. The Kier molecular flexibility index (Phi) is 4.37. The smallest absolute Gasteiger partial charge is 0.184 e. The van der Waals surface area contributed by atoms with Gasteiger partial charge in [0.2, 0.25) is 0 Å². The zero-order valence-electron chi connectivity index (χ0n) is 11.9. The monoisotopic (exact) mass is 307 g/mol. The minimum atomic E-state index is -3.54. The summed E-state index contributed by atoms with van der Waals surface area (Å²) in [5.41, 5.74) is 6.65. The predicted molar refractivity (Wildman–Crippen MR) is 81.3 cm³/mol. The molecule has 2 N–H and O–H groups in total. The van der Waals surface area contributed by atoms with E-state index in [0.29, 0.717) is 17.1 Å². The number of sulfone groups is 1. The van der Waals surface area contributed by atoms with Crippen molar-refractivity contribution in [3.05, 3.63) is 48.0 Å². The summed E-state index contributed by atoms with van der Waals surface area (Å²) in [6, 6.07) is 11.5. The molecule has 2 aromatic rings. The molecule has 6 heteroatoms. The van der Waals surface area contributed by atoms with Crippen LogP contribution < -0.4 is 15.2 Å². The maximum absolute atomic E-state index is 12.5. The van der Waals surface area contributed by atoms with Crippen LogP contribution in [0.3, 0.4) is 0 Å². The predicted octanol–water partition coefficient (Wildman–Crippen LogP) is 2.26. The number of nitrogen functional groups attached to an aromatic ring is 1. The molecule has 0 bridgehead atoms. The van der Waals surface area contributed by atoms with Gasteiger partial charge in [0, 0.05) is 6.07 Å². The summed E-state index contributed by atoms with van der Waals surface area (Å²) in [6.07, 6.45) is 0. The van der Waals surface area contributed by atoms with Crippen LogP contribution >= 0.6 is 0 Å². The number of anilines is 1. The SMILES string of the molecule is COc1ccc(CS(=O)(=O)c2cc(OC)ccc2N)cc1. The molecule has 0 radical (unpaired) electrons. The van der Waals surface area contributed by atoms with Crippen LogP contribution in [-0.2, 0) is 15.6 Å². The summed E-state index contributed by atoms with van der Waals surface area (Å²) in [5.74, 6) is 1.00. The second-order valence-electron chi connectivity index (χ2n) is 4.51. The van der Waals surface area contributed by atoms with Gasteiger partial charge in [-0.2, -0.15) is 0 Å². The van der Waals surface area contributed by atoms with Crippen molar-refractivity contribution in [1.82, 2.24) is 0 Å². The minimum Gasteiger partial charge on any atom is -0.497 e. The Labute approximate surface area is 124 Å². The van der Waals surface area contributed by atoms with E-state index in [1.807, 2.05) is 0 Å². The zero-order valence-corrected chi connectivity index (χ0v) is 12.7. The Morgan fingerprint density at radius 1 is 0.952 bits per heavy atom. The molecule has 0 aliphatic carbocycles. The molecular weight excluding hydrogens is 290 g/mol. The van der Waals surface area contributed by atoms with Gasteiger partial charge in [0.05, 0.1) is 30.6 Å². The number of methoxy groups -OCH3 is 2. The summed E-state index contributed by atoms with van der Waals surface area (Å²) in [7, 11) is -0.506. The average molecular weight is 307 g/mol. The van der Waals surface area contributed by atoms with E-state index in [-0.39, 0.29) is 16.3 Å². The molecule has 0 aliphatic heterocycles. The van der Waals surface area contributed by atoms with Gasteiger partial charge >= 0.3 is 0 Å². The van der Waals surface area contributed by atoms with Crippen molar-refractivity contribution in [1.29, 1.82) is 0 Å². The van der Waals surface area contributed by atoms with Crippen molar-refractivity contribution in [3.8, 4) is 11.5 Å². The lowest BCUT2D eigenvalue weighted by atomic mass is 10.2. The van der Waals surface area contributed by atoms with Crippen LogP contribution in [0, 0.1) is 0 Å². The van der Waals surface area contributed by atoms with Crippen LogP contribution in [0.25, 0.3) is 0 Å². The van der Waals surface area contributed by atoms with Gasteiger partial charge in [0.15, 0.2) is 9.84 Å². The van der Waals surface area contributed by atoms with Gasteiger partial charge < -0.3 is 15.2 Å². The van der Waals surface area contributed by atoms with Crippen LogP contribution in [0.5, 0.6) is 11.5 Å². The first-order chi connectivity index (χ1) is 9.96. The standard InChI is InChI=1S/C15H17NO4S/c1-19-12-5-3-11(4-6-12)10-21(17,18)15-9-13(20-2)7-8-14(15)16/h3-9H,10,16H2,1-2H3. The molecule has 0 amide bonds. The van der Waals surface area contributed by atoms with Crippen molar-refractivity contribution in [3.63, 3.8) is 0 Å². The molecule has 112 valence electrons. The highest BCUT2D eigenvalue weighted by Gasteiger charge is 2.19. The zero-order chi connectivity index (χ0) is 15.5. The third-order valence-corrected chi connectivity index (χ3v) is 4.81. The largest absolute Gasteiger partial charge is 0.497 e. The van der Waals surface area contributed by atoms with E-state index in [0.717, 1.165) is 0 Å².